The third-order valence-corrected chi connectivity index (χ3v) is 6.08. The number of H-pyrrole nitrogens is 1. The van der Waals surface area contributed by atoms with Crippen LogP contribution >= 0.6 is 7.60 Å². The Kier molecular flexibility index (Phi) is 9.72. The second-order valence-corrected chi connectivity index (χ2v) is 10.7. The van der Waals surface area contributed by atoms with E-state index in [1.165, 1.54) is 19.2 Å². The molecule has 1 aliphatic rings. The molecule has 1 aromatic carbocycles. The molecule has 14 nitrogen and oxygen atoms in total. The minimum atomic E-state index is -4.38. The van der Waals surface area contributed by atoms with E-state index in [1.807, 2.05) is 13.8 Å². The Labute approximate surface area is 218 Å². The summed E-state index contributed by atoms with van der Waals surface area (Å²) in [4.78, 5) is 45.9. The molecule has 3 rings (SSSR count). The lowest BCUT2D eigenvalue weighted by molar-refractivity contribution is -0.118. The van der Waals surface area contributed by atoms with Crippen LogP contribution in [0.4, 0.5) is 10.6 Å². The number of benzene rings is 1. The van der Waals surface area contributed by atoms with Crippen LogP contribution in [-0.2, 0) is 14.1 Å². The average molecular weight is 554 g/mol. The molecule has 2 amide bonds. The number of nitrogens with one attached hydrogen (secondary N) is 3. The molecule has 1 heterocycles. The molecular formula is C23H32N5O9P. The Morgan fingerprint density at radius 2 is 2.05 bits per heavy atom. The molecule has 1 saturated carbocycles. The van der Waals surface area contributed by atoms with Gasteiger partial charge in [0.2, 0.25) is 0 Å². The van der Waals surface area contributed by atoms with E-state index in [0.29, 0.717) is 6.42 Å². The molecule has 0 bridgehead atoms. The van der Waals surface area contributed by atoms with Gasteiger partial charge < -0.3 is 39.7 Å². The van der Waals surface area contributed by atoms with Crippen LogP contribution in [0.3, 0.4) is 0 Å². The van der Waals surface area contributed by atoms with Crippen LogP contribution < -0.4 is 20.1 Å². The van der Waals surface area contributed by atoms with Crippen molar-refractivity contribution in [2.45, 2.75) is 51.2 Å². The number of phenolic OH excluding ortho intramolecular Hbond substituents is 1. The van der Waals surface area contributed by atoms with Crippen LogP contribution in [0.25, 0.3) is 0 Å². The number of methoxy groups -OCH3 is 1. The van der Waals surface area contributed by atoms with Gasteiger partial charge in [0, 0.05) is 42.1 Å². The molecule has 208 valence electrons. The predicted octanol–water partition coefficient (Wildman–Crippen LogP) is 2.47. The number of carbonyl (C=O) groups is 2. The van der Waals surface area contributed by atoms with Crippen LogP contribution in [0, 0.1) is 0 Å². The summed E-state index contributed by atoms with van der Waals surface area (Å²) in [6.45, 7) is 3.25. The number of aromatic hydroxyl groups is 1. The Hall–Kier alpha value is -3.61. The van der Waals surface area contributed by atoms with Crippen molar-refractivity contribution >= 4 is 31.6 Å². The molecule has 6 N–H and O–H groups in total. The summed E-state index contributed by atoms with van der Waals surface area (Å²) in [6.07, 6.45) is 1.78. The lowest BCUT2D eigenvalue weighted by atomic mass is 10.0. The zero-order valence-electron chi connectivity index (χ0n) is 21.2. The first-order valence-corrected chi connectivity index (χ1v) is 13.6. The minimum Gasteiger partial charge on any atom is -0.507 e. The highest BCUT2D eigenvalue weighted by Crippen LogP contribution is 2.37. The number of rotatable bonds is 11. The van der Waals surface area contributed by atoms with Crippen LogP contribution in [0.15, 0.2) is 23.2 Å². The molecule has 0 radical (unpaired) electrons. The van der Waals surface area contributed by atoms with E-state index in [-0.39, 0.29) is 46.7 Å². The number of aromatic nitrogens is 2. The van der Waals surface area contributed by atoms with Crippen molar-refractivity contribution in [3.05, 3.63) is 29.5 Å². The Bertz CT molecular complexity index is 1210. The van der Waals surface area contributed by atoms with Gasteiger partial charge in [-0.15, -0.1) is 0 Å². The molecule has 0 aliphatic heterocycles. The quantitative estimate of drug-likeness (QED) is 0.177. The highest BCUT2D eigenvalue weighted by molar-refractivity contribution is 7.51. The van der Waals surface area contributed by atoms with Crippen molar-refractivity contribution in [1.29, 1.82) is 0 Å². The van der Waals surface area contributed by atoms with Gasteiger partial charge in [-0.05, 0) is 33.1 Å². The van der Waals surface area contributed by atoms with E-state index < -0.39 is 32.5 Å². The van der Waals surface area contributed by atoms with E-state index >= 15 is 0 Å². The van der Waals surface area contributed by atoms with E-state index in [9.17, 15) is 19.3 Å². The van der Waals surface area contributed by atoms with Gasteiger partial charge in [0.1, 0.15) is 29.6 Å². The largest absolute Gasteiger partial charge is 0.507 e. The van der Waals surface area contributed by atoms with Crippen molar-refractivity contribution in [2.75, 3.05) is 25.3 Å². The van der Waals surface area contributed by atoms with Crippen molar-refractivity contribution < 1.29 is 43.3 Å². The third kappa shape index (κ3) is 8.75. The maximum atomic E-state index is 12.5. The number of alkyl carbamates (subject to hydrolysis) is 1. The van der Waals surface area contributed by atoms with Crippen molar-refractivity contribution in [3.8, 4) is 17.2 Å². The summed E-state index contributed by atoms with van der Waals surface area (Å²) < 4.78 is 27.1. The van der Waals surface area contributed by atoms with Gasteiger partial charge >= 0.3 is 13.7 Å². The fourth-order valence-corrected chi connectivity index (χ4v) is 4.17. The molecule has 0 saturated heterocycles. The van der Waals surface area contributed by atoms with E-state index in [4.69, 9.17) is 24.0 Å². The monoisotopic (exact) mass is 553 g/mol. The van der Waals surface area contributed by atoms with Gasteiger partial charge in [-0.25, -0.2) is 4.79 Å². The molecule has 0 spiro atoms. The number of hydrogen-bond acceptors (Lipinski definition) is 9. The molecule has 38 heavy (non-hydrogen) atoms. The number of amides is 2. The van der Waals surface area contributed by atoms with Crippen LogP contribution in [0.5, 0.6) is 17.2 Å². The third-order valence-electron chi connectivity index (χ3n) is 5.54. The topological polar surface area (TPSA) is 205 Å². The Morgan fingerprint density at radius 1 is 1.29 bits per heavy atom. The first kappa shape index (κ1) is 29.0. The summed E-state index contributed by atoms with van der Waals surface area (Å²) in [5.74, 6) is -0.216. The van der Waals surface area contributed by atoms with Crippen LogP contribution in [0.2, 0.25) is 0 Å². The van der Waals surface area contributed by atoms with Crippen molar-refractivity contribution in [1.82, 2.24) is 15.5 Å². The zero-order chi connectivity index (χ0) is 27.9. The number of hydrogen-bond donors (Lipinski definition) is 6. The second-order valence-electron chi connectivity index (χ2n) is 9.06. The number of ether oxygens (including phenoxy) is 3. The summed E-state index contributed by atoms with van der Waals surface area (Å²) in [5.41, 5.74) is 0.826. The summed E-state index contributed by atoms with van der Waals surface area (Å²) in [7, 11) is -3.01. The average Bonchev–Trinajstić information content (AvgIpc) is 3.47. The van der Waals surface area contributed by atoms with E-state index in [1.54, 1.807) is 6.07 Å². The molecule has 2 aromatic rings. The second kappa shape index (κ2) is 12.8. The van der Waals surface area contributed by atoms with Gasteiger partial charge in [0.15, 0.2) is 12.4 Å². The number of carbonyl (C=O) groups excluding carboxylic acids is 2. The molecule has 0 unspecified atom stereocenters. The lowest BCUT2D eigenvalue weighted by Crippen LogP contribution is -2.33. The van der Waals surface area contributed by atoms with E-state index in [2.05, 4.69) is 25.8 Å². The number of aromatic amines is 1. The van der Waals surface area contributed by atoms with Gasteiger partial charge in [-0.2, -0.15) is 5.10 Å². The van der Waals surface area contributed by atoms with E-state index in [0.717, 1.165) is 24.8 Å². The molecule has 1 aromatic heterocycles. The zero-order valence-corrected chi connectivity index (χ0v) is 22.1. The number of phenols is 1. The number of nitrogens with zero attached hydrogens (tertiary/aromatic N) is 2. The molecule has 15 heteroatoms. The van der Waals surface area contributed by atoms with Gasteiger partial charge in [0.05, 0.1) is 12.7 Å². The standard InChI is InChI=1S/C23H32N5O9P/c1-13(2)25-23(31)37-15-5-4-14(6-15)18-9-21(28-27-18)26-22(30)11-36-20-8-16(35-3)7-19(29)17(20)10-24-12-38(32,33)34/h7-10,13-15,29H,4-6,11-12H2,1-3H3,(H,25,31)(H2,32,33,34)(H2,26,27,28,30)/t14-,15+/m0/s1. The predicted molar refractivity (Wildman–Crippen MR) is 137 cm³/mol. The Morgan fingerprint density at radius 3 is 2.74 bits per heavy atom. The first-order chi connectivity index (χ1) is 17.9. The lowest BCUT2D eigenvalue weighted by Gasteiger charge is -2.14. The summed E-state index contributed by atoms with van der Waals surface area (Å²) >= 11 is 0. The van der Waals surface area contributed by atoms with Gasteiger partial charge in [-0.3, -0.25) is 19.5 Å². The highest BCUT2D eigenvalue weighted by atomic mass is 31.2. The maximum absolute atomic E-state index is 12.5. The molecule has 2 atom stereocenters. The molecule has 1 fully saturated rings. The molecule has 1 aliphatic carbocycles. The normalized spacial score (nSPS) is 17.5. The van der Waals surface area contributed by atoms with Crippen LogP contribution in [0.1, 0.15) is 50.3 Å². The fourth-order valence-electron chi connectivity index (χ4n) is 3.88. The molecular weight excluding hydrogens is 521 g/mol. The highest BCUT2D eigenvalue weighted by Gasteiger charge is 2.30. The Balaban J connectivity index is 1.57. The first-order valence-electron chi connectivity index (χ1n) is 11.8. The smallest absolute Gasteiger partial charge is 0.407 e. The summed E-state index contributed by atoms with van der Waals surface area (Å²) in [6, 6.07) is 4.37. The maximum Gasteiger partial charge on any atom is 0.407 e. The number of anilines is 1. The summed E-state index contributed by atoms with van der Waals surface area (Å²) in [5, 5.41) is 22.6. The van der Waals surface area contributed by atoms with Gasteiger partial charge in [0.25, 0.3) is 5.91 Å². The fraction of sp³-hybridized carbons (Fsp3) is 0.478. The minimum absolute atomic E-state index is 0.00961. The van der Waals surface area contributed by atoms with Crippen molar-refractivity contribution in [2.24, 2.45) is 4.99 Å². The van der Waals surface area contributed by atoms with Crippen LogP contribution in [-0.4, -0.2) is 75.5 Å². The number of aliphatic imine (C=N–C) groups is 1. The van der Waals surface area contributed by atoms with Crippen molar-refractivity contribution in [3.63, 3.8) is 0 Å². The van der Waals surface area contributed by atoms with Gasteiger partial charge in [-0.1, -0.05) is 0 Å². The SMILES string of the molecule is COc1cc(O)c(C=NCP(=O)(O)O)c(OCC(=O)Nc2cc([C@H]3CC[C@@H](OC(=O)NC(C)C)C3)[nH]n2)c1.